The second kappa shape index (κ2) is 5.96. The highest BCUT2D eigenvalue weighted by atomic mass is 79.9. The van der Waals surface area contributed by atoms with Crippen molar-refractivity contribution < 1.29 is 9.13 Å². The van der Waals surface area contributed by atoms with Crippen LogP contribution in [0.3, 0.4) is 0 Å². The minimum absolute atomic E-state index is 0.220. The van der Waals surface area contributed by atoms with Gasteiger partial charge in [-0.3, -0.25) is 0 Å². The van der Waals surface area contributed by atoms with Crippen LogP contribution in [0.25, 0.3) is 0 Å². The van der Waals surface area contributed by atoms with Gasteiger partial charge in [0, 0.05) is 0 Å². The number of halogens is 2. The first-order valence-electron chi connectivity index (χ1n) is 6.23. The van der Waals surface area contributed by atoms with E-state index < -0.39 is 0 Å². The SMILES string of the molecule is CC1CCCCC1OCc1cccc(F)c1Br. The molecule has 94 valence electrons. The molecule has 1 aromatic rings. The van der Waals surface area contributed by atoms with E-state index in [4.69, 9.17) is 4.74 Å². The van der Waals surface area contributed by atoms with E-state index in [1.165, 1.54) is 25.3 Å². The molecule has 0 amide bonds. The van der Waals surface area contributed by atoms with Crippen molar-refractivity contribution in [2.45, 2.75) is 45.3 Å². The molecule has 0 bridgehead atoms. The van der Waals surface area contributed by atoms with Gasteiger partial charge in [0.25, 0.3) is 0 Å². The normalized spacial score (nSPS) is 24.9. The van der Waals surface area contributed by atoms with Gasteiger partial charge in [-0.25, -0.2) is 4.39 Å². The third-order valence-corrected chi connectivity index (χ3v) is 4.41. The van der Waals surface area contributed by atoms with Crippen LogP contribution in [0.15, 0.2) is 22.7 Å². The molecule has 1 aliphatic carbocycles. The lowest BCUT2D eigenvalue weighted by Gasteiger charge is -2.28. The van der Waals surface area contributed by atoms with Crippen LogP contribution in [0, 0.1) is 11.7 Å². The summed E-state index contributed by atoms with van der Waals surface area (Å²) in [6.07, 6.45) is 5.27. The predicted molar refractivity (Wildman–Crippen MR) is 70.3 cm³/mol. The Morgan fingerprint density at radius 1 is 1.35 bits per heavy atom. The summed E-state index contributed by atoms with van der Waals surface area (Å²) in [6.45, 7) is 2.73. The Morgan fingerprint density at radius 2 is 2.12 bits per heavy atom. The third kappa shape index (κ3) is 3.29. The van der Waals surface area contributed by atoms with Gasteiger partial charge in [0.15, 0.2) is 0 Å². The van der Waals surface area contributed by atoms with Gasteiger partial charge in [0.2, 0.25) is 0 Å². The Labute approximate surface area is 110 Å². The van der Waals surface area contributed by atoms with Crippen LogP contribution in [0.1, 0.15) is 38.2 Å². The average molecular weight is 301 g/mol. The van der Waals surface area contributed by atoms with Crippen LogP contribution >= 0.6 is 15.9 Å². The van der Waals surface area contributed by atoms with Crippen molar-refractivity contribution >= 4 is 15.9 Å². The minimum Gasteiger partial charge on any atom is -0.373 e. The largest absolute Gasteiger partial charge is 0.373 e. The second-order valence-electron chi connectivity index (χ2n) is 4.82. The quantitative estimate of drug-likeness (QED) is 0.787. The number of benzene rings is 1. The molecule has 0 saturated heterocycles. The highest BCUT2D eigenvalue weighted by molar-refractivity contribution is 9.10. The summed E-state index contributed by atoms with van der Waals surface area (Å²) >= 11 is 3.27. The van der Waals surface area contributed by atoms with Crippen molar-refractivity contribution in [3.63, 3.8) is 0 Å². The summed E-state index contributed by atoms with van der Waals surface area (Å²) in [7, 11) is 0. The second-order valence-corrected chi connectivity index (χ2v) is 5.62. The standard InChI is InChI=1S/C14H18BrFO/c1-10-5-2-3-8-13(10)17-9-11-6-4-7-12(16)14(11)15/h4,6-7,10,13H,2-3,5,8-9H2,1H3. The Bertz CT molecular complexity index is 380. The van der Waals surface area contributed by atoms with Crippen LogP contribution in [-0.2, 0) is 11.3 Å². The molecule has 1 saturated carbocycles. The predicted octanol–water partition coefficient (Wildman–Crippen LogP) is 4.68. The molecule has 1 fully saturated rings. The summed E-state index contributed by atoms with van der Waals surface area (Å²) in [5.41, 5.74) is 0.891. The zero-order chi connectivity index (χ0) is 12.3. The summed E-state index contributed by atoms with van der Waals surface area (Å²) in [5, 5.41) is 0. The van der Waals surface area contributed by atoms with Crippen molar-refractivity contribution in [1.82, 2.24) is 0 Å². The number of rotatable bonds is 3. The van der Waals surface area contributed by atoms with Gasteiger partial charge >= 0.3 is 0 Å². The molecule has 3 heteroatoms. The fourth-order valence-electron chi connectivity index (χ4n) is 2.39. The first-order valence-corrected chi connectivity index (χ1v) is 7.02. The van der Waals surface area contributed by atoms with Crippen LogP contribution in [0.4, 0.5) is 4.39 Å². The van der Waals surface area contributed by atoms with Crippen LogP contribution in [-0.4, -0.2) is 6.10 Å². The Balaban J connectivity index is 1.95. The maximum atomic E-state index is 13.3. The number of hydrogen-bond donors (Lipinski definition) is 0. The van der Waals surface area contributed by atoms with E-state index >= 15 is 0 Å². The van der Waals surface area contributed by atoms with E-state index in [0.29, 0.717) is 23.1 Å². The van der Waals surface area contributed by atoms with Gasteiger partial charge < -0.3 is 4.74 Å². The monoisotopic (exact) mass is 300 g/mol. The van der Waals surface area contributed by atoms with E-state index in [-0.39, 0.29) is 5.82 Å². The van der Waals surface area contributed by atoms with Gasteiger partial charge in [0.05, 0.1) is 17.2 Å². The molecule has 2 unspecified atom stereocenters. The topological polar surface area (TPSA) is 9.23 Å². The van der Waals surface area contributed by atoms with Crippen molar-refractivity contribution in [3.05, 3.63) is 34.1 Å². The van der Waals surface area contributed by atoms with E-state index in [1.807, 2.05) is 6.07 Å². The lowest BCUT2D eigenvalue weighted by atomic mass is 9.88. The van der Waals surface area contributed by atoms with E-state index in [1.54, 1.807) is 6.07 Å². The maximum Gasteiger partial charge on any atom is 0.137 e. The fraction of sp³-hybridized carbons (Fsp3) is 0.571. The molecule has 0 spiro atoms. The van der Waals surface area contributed by atoms with Gasteiger partial charge in [0.1, 0.15) is 5.82 Å². The summed E-state index contributed by atoms with van der Waals surface area (Å²) in [4.78, 5) is 0. The average Bonchev–Trinajstić information content (AvgIpc) is 2.33. The summed E-state index contributed by atoms with van der Waals surface area (Å²) in [5.74, 6) is 0.402. The minimum atomic E-state index is -0.220. The zero-order valence-corrected chi connectivity index (χ0v) is 11.7. The van der Waals surface area contributed by atoms with E-state index in [0.717, 1.165) is 12.0 Å². The maximum absolute atomic E-state index is 13.3. The first-order chi connectivity index (χ1) is 8.18. The zero-order valence-electron chi connectivity index (χ0n) is 10.1. The van der Waals surface area contributed by atoms with Crippen LogP contribution in [0.5, 0.6) is 0 Å². The molecular formula is C14H18BrFO. The van der Waals surface area contributed by atoms with E-state index in [2.05, 4.69) is 22.9 Å². The Hall–Kier alpha value is -0.410. The molecule has 1 aromatic carbocycles. The molecule has 2 atom stereocenters. The molecular weight excluding hydrogens is 283 g/mol. The summed E-state index contributed by atoms with van der Waals surface area (Å²) in [6, 6.07) is 5.08. The van der Waals surface area contributed by atoms with Gasteiger partial charge in [-0.1, -0.05) is 31.9 Å². The van der Waals surface area contributed by atoms with Crippen LogP contribution in [0.2, 0.25) is 0 Å². The first kappa shape index (κ1) is 13.0. The molecule has 1 aliphatic rings. The molecule has 0 aromatic heterocycles. The molecule has 0 heterocycles. The van der Waals surface area contributed by atoms with Crippen molar-refractivity contribution in [1.29, 1.82) is 0 Å². The van der Waals surface area contributed by atoms with Crippen molar-refractivity contribution in [2.24, 2.45) is 5.92 Å². The molecule has 2 rings (SSSR count). The highest BCUT2D eigenvalue weighted by Crippen LogP contribution is 2.28. The molecule has 17 heavy (non-hydrogen) atoms. The highest BCUT2D eigenvalue weighted by Gasteiger charge is 2.22. The Morgan fingerprint density at radius 3 is 2.88 bits per heavy atom. The molecule has 1 nitrogen and oxygen atoms in total. The van der Waals surface area contributed by atoms with Crippen molar-refractivity contribution in [3.8, 4) is 0 Å². The Kier molecular flexibility index (Phi) is 4.57. The summed E-state index contributed by atoms with van der Waals surface area (Å²) < 4.78 is 19.8. The molecule has 0 radical (unpaired) electrons. The van der Waals surface area contributed by atoms with E-state index in [9.17, 15) is 4.39 Å². The lowest BCUT2D eigenvalue weighted by Crippen LogP contribution is -2.25. The fourth-order valence-corrected chi connectivity index (χ4v) is 2.77. The van der Waals surface area contributed by atoms with Gasteiger partial charge in [-0.2, -0.15) is 0 Å². The lowest BCUT2D eigenvalue weighted by molar-refractivity contribution is -0.0157. The van der Waals surface area contributed by atoms with Gasteiger partial charge in [-0.05, 0) is 46.3 Å². The molecule has 0 aliphatic heterocycles. The number of hydrogen-bond acceptors (Lipinski definition) is 1. The van der Waals surface area contributed by atoms with Crippen LogP contribution < -0.4 is 0 Å². The number of ether oxygens (including phenoxy) is 1. The third-order valence-electron chi connectivity index (χ3n) is 3.52. The van der Waals surface area contributed by atoms with Crippen molar-refractivity contribution in [2.75, 3.05) is 0 Å². The van der Waals surface area contributed by atoms with Gasteiger partial charge in [-0.15, -0.1) is 0 Å². The smallest absolute Gasteiger partial charge is 0.137 e. The molecule has 0 N–H and O–H groups in total.